The first-order valence-electron chi connectivity index (χ1n) is 6.94. The number of rotatable bonds is 5. The van der Waals surface area contributed by atoms with E-state index in [1.165, 1.54) is 0 Å². The summed E-state index contributed by atoms with van der Waals surface area (Å²) in [4.78, 5) is 0. The summed E-state index contributed by atoms with van der Waals surface area (Å²) in [5, 5.41) is 20.3. The van der Waals surface area contributed by atoms with Gasteiger partial charge >= 0.3 is 0 Å². The summed E-state index contributed by atoms with van der Waals surface area (Å²) in [5.41, 5.74) is 7.99. The van der Waals surface area contributed by atoms with Gasteiger partial charge in [0.05, 0.1) is 6.10 Å². The topological polar surface area (TPSA) is 66.5 Å². The monoisotopic (exact) mass is 305 g/mol. The number of nitrogens with two attached hydrogens (primary N) is 1. The van der Waals surface area contributed by atoms with E-state index in [-0.39, 0.29) is 11.7 Å². The quantitative estimate of drug-likeness (QED) is 0.794. The molecule has 1 unspecified atom stereocenters. The summed E-state index contributed by atoms with van der Waals surface area (Å²) in [5.74, 6) is 0.332. The molecule has 0 radical (unpaired) electrons. The maximum Gasteiger partial charge on any atom is 0.115 e. The summed E-state index contributed by atoms with van der Waals surface area (Å²) in [6, 6.07) is 13.8. The third-order valence-corrected chi connectivity index (χ3v) is 3.94. The fourth-order valence-electron chi connectivity index (χ4n) is 2.36. The Morgan fingerprint density at radius 3 is 2.43 bits per heavy atom. The van der Waals surface area contributed by atoms with Crippen LogP contribution in [0.4, 0.5) is 0 Å². The highest BCUT2D eigenvalue weighted by molar-refractivity contribution is 6.30. The molecular weight excluding hydrogens is 286 g/mol. The van der Waals surface area contributed by atoms with Crippen LogP contribution in [-0.4, -0.2) is 16.3 Å². The van der Waals surface area contributed by atoms with Gasteiger partial charge in [0.2, 0.25) is 0 Å². The van der Waals surface area contributed by atoms with Crippen molar-refractivity contribution in [3.8, 4) is 5.75 Å². The Hall–Kier alpha value is -1.55. The van der Waals surface area contributed by atoms with Gasteiger partial charge in [-0.25, -0.2) is 0 Å². The number of phenolic OH excluding ortho intramolecular Hbond substituents is 1. The molecular formula is C17H20ClNO2. The number of halogens is 1. The second-order valence-corrected chi connectivity index (χ2v) is 5.86. The van der Waals surface area contributed by atoms with Crippen molar-refractivity contribution in [2.75, 3.05) is 0 Å². The third kappa shape index (κ3) is 4.21. The van der Waals surface area contributed by atoms with Crippen LogP contribution in [-0.2, 0) is 6.42 Å². The standard InChI is InChI=1S/C17H20ClNO2/c1-11(9-12-5-7-15(20)8-6-12)16(19)17(21)13-3-2-4-14(18)10-13/h2-8,10-11,16-17,20-21H,9,19H2,1H3/t11?,16-,17-/m1/s1. The van der Waals surface area contributed by atoms with E-state index in [9.17, 15) is 10.2 Å². The molecule has 0 heterocycles. The molecule has 21 heavy (non-hydrogen) atoms. The summed E-state index contributed by atoms with van der Waals surface area (Å²) in [7, 11) is 0. The Bertz CT molecular complexity index is 586. The summed E-state index contributed by atoms with van der Waals surface area (Å²) in [6.45, 7) is 2.01. The maximum absolute atomic E-state index is 10.4. The molecule has 0 spiro atoms. The van der Waals surface area contributed by atoms with E-state index in [4.69, 9.17) is 17.3 Å². The predicted molar refractivity (Wildman–Crippen MR) is 85.4 cm³/mol. The van der Waals surface area contributed by atoms with E-state index in [0.717, 1.165) is 17.5 Å². The Morgan fingerprint density at radius 1 is 1.14 bits per heavy atom. The van der Waals surface area contributed by atoms with Gasteiger partial charge in [-0.05, 0) is 47.7 Å². The van der Waals surface area contributed by atoms with Gasteiger partial charge in [-0.3, -0.25) is 0 Å². The van der Waals surface area contributed by atoms with E-state index >= 15 is 0 Å². The van der Waals surface area contributed by atoms with Gasteiger partial charge in [-0.2, -0.15) is 0 Å². The molecule has 0 bridgehead atoms. The van der Waals surface area contributed by atoms with Gasteiger partial charge in [0, 0.05) is 11.1 Å². The number of phenols is 1. The molecule has 3 nitrogen and oxygen atoms in total. The van der Waals surface area contributed by atoms with Crippen LogP contribution in [0, 0.1) is 5.92 Å². The van der Waals surface area contributed by atoms with Crippen LogP contribution >= 0.6 is 11.6 Å². The molecule has 0 aliphatic carbocycles. The van der Waals surface area contributed by atoms with E-state index in [1.807, 2.05) is 25.1 Å². The number of benzene rings is 2. The predicted octanol–water partition coefficient (Wildman–Crippen LogP) is 3.29. The molecule has 2 aromatic carbocycles. The number of aliphatic hydroxyl groups excluding tert-OH is 1. The molecule has 4 N–H and O–H groups in total. The summed E-state index contributed by atoms with van der Waals surface area (Å²) < 4.78 is 0. The zero-order valence-corrected chi connectivity index (χ0v) is 12.7. The molecule has 0 saturated carbocycles. The first kappa shape index (κ1) is 15.8. The van der Waals surface area contributed by atoms with Crippen molar-refractivity contribution < 1.29 is 10.2 Å². The van der Waals surface area contributed by atoms with Gasteiger partial charge < -0.3 is 15.9 Å². The fourth-order valence-corrected chi connectivity index (χ4v) is 2.56. The van der Waals surface area contributed by atoms with Gasteiger partial charge in [0.1, 0.15) is 5.75 Å². The number of aliphatic hydroxyl groups is 1. The van der Waals surface area contributed by atoms with Crippen LogP contribution < -0.4 is 5.73 Å². The van der Waals surface area contributed by atoms with Gasteiger partial charge in [-0.1, -0.05) is 42.8 Å². The van der Waals surface area contributed by atoms with Crippen molar-refractivity contribution in [3.63, 3.8) is 0 Å². The van der Waals surface area contributed by atoms with Gasteiger partial charge in [0.15, 0.2) is 0 Å². The highest BCUT2D eigenvalue weighted by Gasteiger charge is 2.23. The largest absolute Gasteiger partial charge is 0.508 e. The van der Waals surface area contributed by atoms with Crippen LogP contribution in [0.2, 0.25) is 5.02 Å². The molecule has 0 fully saturated rings. The first-order valence-corrected chi connectivity index (χ1v) is 7.32. The maximum atomic E-state index is 10.4. The molecule has 2 aromatic rings. The summed E-state index contributed by atoms with van der Waals surface area (Å²) >= 11 is 5.94. The highest BCUT2D eigenvalue weighted by atomic mass is 35.5. The lowest BCUT2D eigenvalue weighted by Crippen LogP contribution is -2.36. The summed E-state index contributed by atoms with van der Waals surface area (Å²) in [6.07, 6.45) is -0.0187. The smallest absolute Gasteiger partial charge is 0.115 e. The third-order valence-electron chi connectivity index (χ3n) is 3.71. The Labute approximate surface area is 130 Å². The second kappa shape index (κ2) is 6.94. The first-order chi connectivity index (χ1) is 9.97. The van der Waals surface area contributed by atoms with Crippen LogP contribution in [0.15, 0.2) is 48.5 Å². The minimum atomic E-state index is -0.754. The van der Waals surface area contributed by atoms with Gasteiger partial charge in [0.25, 0.3) is 0 Å². The second-order valence-electron chi connectivity index (χ2n) is 5.43. The molecule has 112 valence electrons. The molecule has 2 rings (SSSR count). The number of aromatic hydroxyl groups is 1. The SMILES string of the molecule is CC(Cc1ccc(O)cc1)[C@@H](N)[C@H](O)c1cccc(Cl)c1. The van der Waals surface area contributed by atoms with E-state index in [0.29, 0.717) is 5.02 Å². The van der Waals surface area contributed by atoms with E-state index in [2.05, 4.69) is 0 Å². The molecule has 0 aliphatic rings. The molecule has 0 amide bonds. The molecule has 4 heteroatoms. The molecule has 3 atom stereocenters. The van der Waals surface area contributed by atoms with Crippen LogP contribution in [0.25, 0.3) is 0 Å². The zero-order valence-electron chi connectivity index (χ0n) is 11.9. The lowest BCUT2D eigenvalue weighted by molar-refractivity contribution is 0.121. The molecule has 0 saturated heterocycles. The number of hydrogen-bond acceptors (Lipinski definition) is 3. The van der Waals surface area contributed by atoms with Crippen LogP contribution in [0.1, 0.15) is 24.2 Å². The minimum Gasteiger partial charge on any atom is -0.508 e. The Kier molecular flexibility index (Phi) is 5.23. The van der Waals surface area contributed by atoms with Crippen LogP contribution in [0.5, 0.6) is 5.75 Å². The van der Waals surface area contributed by atoms with Crippen molar-refractivity contribution in [1.29, 1.82) is 0 Å². The lowest BCUT2D eigenvalue weighted by Gasteiger charge is -2.25. The van der Waals surface area contributed by atoms with Crippen molar-refractivity contribution in [2.45, 2.75) is 25.5 Å². The normalized spacial score (nSPS) is 15.4. The zero-order chi connectivity index (χ0) is 15.4. The fraction of sp³-hybridized carbons (Fsp3) is 0.294. The molecule has 0 aliphatic heterocycles. The van der Waals surface area contributed by atoms with Crippen molar-refractivity contribution in [1.82, 2.24) is 0 Å². The van der Waals surface area contributed by atoms with Gasteiger partial charge in [-0.15, -0.1) is 0 Å². The van der Waals surface area contributed by atoms with Crippen LogP contribution in [0.3, 0.4) is 0 Å². The van der Waals surface area contributed by atoms with E-state index in [1.54, 1.807) is 30.3 Å². The number of hydrogen-bond donors (Lipinski definition) is 3. The average molecular weight is 306 g/mol. The average Bonchev–Trinajstić information content (AvgIpc) is 2.48. The highest BCUT2D eigenvalue weighted by Crippen LogP contribution is 2.25. The Morgan fingerprint density at radius 2 is 1.81 bits per heavy atom. The minimum absolute atomic E-state index is 0.0866. The van der Waals surface area contributed by atoms with Crippen molar-refractivity contribution in [2.24, 2.45) is 11.7 Å². The van der Waals surface area contributed by atoms with Crippen molar-refractivity contribution >= 4 is 11.6 Å². The van der Waals surface area contributed by atoms with Crippen molar-refractivity contribution in [3.05, 3.63) is 64.7 Å². The molecule has 0 aromatic heterocycles. The Balaban J connectivity index is 2.04. The lowest BCUT2D eigenvalue weighted by atomic mass is 9.88. The van der Waals surface area contributed by atoms with E-state index < -0.39 is 12.1 Å².